The van der Waals surface area contributed by atoms with Gasteiger partial charge < -0.3 is 25.0 Å². The quantitative estimate of drug-likeness (QED) is 0.355. The van der Waals surface area contributed by atoms with Crippen molar-refractivity contribution in [1.82, 2.24) is 15.5 Å². The lowest BCUT2D eigenvalue weighted by Crippen LogP contribution is -2.43. The van der Waals surface area contributed by atoms with Crippen molar-refractivity contribution in [3.05, 3.63) is 29.8 Å². The first-order valence-electron chi connectivity index (χ1n) is 8.86. The fourth-order valence-corrected chi connectivity index (χ4v) is 2.04. The maximum Gasteiger partial charge on any atom is 0.573 e. The molecule has 0 saturated heterocycles. The molecule has 0 fully saturated rings. The highest BCUT2D eigenvalue weighted by atomic mass is 19.4. The second-order valence-corrected chi connectivity index (χ2v) is 5.94. The smallest absolute Gasteiger partial charge is 0.405 e. The van der Waals surface area contributed by atoms with E-state index in [1.165, 1.54) is 23.1 Å². The van der Waals surface area contributed by atoms with E-state index in [4.69, 9.17) is 4.74 Å². The number of carbonyl (C=O) groups excluding carboxylic acids is 1. The number of hydrogen-bond donors (Lipinski definition) is 2. The van der Waals surface area contributed by atoms with Crippen LogP contribution in [0.25, 0.3) is 0 Å². The van der Waals surface area contributed by atoms with E-state index < -0.39 is 6.36 Å². The zero-order valence-electron chi connectivity index (χ0n) is 16.3. The van der Waals surface area contributed by atoms with Gasteiger partial charge in [-0.1, -0.05) is 18.2 Å². The summed E-state index contributed by atoms with van der Waals surface area (Å²) in [7, 11) is 3.25. The predicted molar refractivity (Wildman–Crippen MR) is 100 cm³/mol. The second-order valence-electron chi connectivity index (χ2n) is 5.94. The third-order valence-corrected chi connectivity index (χ3v) is 3.47. The van der Waals surface area contributed by atoms with Crippen LogP contribution in [0.2, 0.25) is 0 Å². The van der Waals surface area contributed by atoms with E-state index in [1.807, 2.05) is 6.92 Å². The van der Waals surface area contributed by atoms with E-state index in [-0.39, 0.29) is 30.3 Å². The Bertz CT molecular complexity index is 637. The highest BCUT2D eigenvalue weighted by Gasteiger charge is 2.31. The van der Waals surface area contributed by atoms with Gasteiger partial charge in [0, 0.05) is 39.4 Å². The van der Waals surface area contributed by atoms with Gasteiger partial charge in [-0.05, 0) is 19.4 Å². The van der Waals surface area contributed by atoms with E-state index >= 15 is 0 Å². The van der Waals surface area contributed by atoms with Crippen molar-refractivity contribution < 1.29 is 27.4 Å². The standard InChI is InChI=1S/C18H27F3N4O3/c1-4-27-11-7-10-22-17(24-13-16(26)25(2)3)23-12-14-8-5-6-9-15(14)28-18(19,20)21/h5-6,8-9H,4,7,10-13H2,1-3H3,(H2,22,23,24). The van der Waals surface area contributed by atoms with Crippen LogP contribution in [-0.4, -0.2) is 63.5 Å². The van der Waals surface area contributed by atoms with E-state index in [2.05, 4.69) is 20.4 Å². The van der Waals surface area contributed by atoms with E-state index in [0.717, 1.165) is 0 Å². The fraction of sp³-hybridized carbons (Fsp3) is 0.556. The Morgan fingerprint density at radius 1 is 1.21 bits per heavy atom. The monoisotopic (exact) mass is 404 g/mol. The van der Waals surface area contributed by atoms with Gasteiger partial charge in [-0.2, -0.15) is 0 Å². The highest BCUT2D eigenvalue weighted by molar-refractivity contribution is 5.86. The Labute approximate surface area is 162 Å². The number of nitrogens with one attached hydrogen (secondary N) is 2. The maximum absolute atomic E-state index is 12.5. The normalized spacial score (nSPS) is 11.9. The first-order chi connectivity index (χ1) is 13.2. The van der Waals surface area contributed by atoms with Crippen molar-refractivity contribution >= 4 is 11.9 Å². The lowest BCUT2D eigenvalue weighted by molar-refractivity contribution is -0.274. The molecular weight excluding hydrogens is 377 g/mol. The Kier molecular flexibility index (Phi) is 10.1. The molecule has 0 bridgehead atoms. The number of alkyl halides is 3. The SMILES string of the molecule is CCOCCCNC(=NCc1ccccc1OC(F)(F)F)NCC(=O)N(C)C. The number of guanidine groups is 1. The van der Waals surface area contributed by atoms with Gasteiger partial charge in [-0.25, -0.2) is 4.99 Å². The average Bonchev–Trinajstić information content (AvgIpc) is 2.62. The molecule has 1 amide bonds. The van der Waals surface area contributed by atoms with E-state index in [0.29, 0.717) is 32.1 Å². The number of likely N-dealkylation sites (N-methyl/N-ethyl adjacent to an activating group) is 1. The van der Waals surface area contributed by atoms with Crippen molar-refractivity contribution in [3.8, 4) is 5.75 Å². The summed E-state index contributed by atoms with van der Waals surface area (Å²) in [5.41, 5.74) is 0.272. The molecule has 0 aliphatic heterocycles. The van der Waals surface area contributed by atoms with Crippen LogP contribution >= 0.6 is 0 Å². The van der Waals surface area contributed by atoms with Gasteiger partial charge in [0.25, 0.3) is 0 Å². The number of para-hydroxylation sites is 1. The first-order valence-corrected chi connectivity index (χ1v) is 8.86. The summed E-state index contributed by atoms with van der Waals surface area (Å²) in [5.74, 6) is -0.156. The van der Waals surface area contributed by atoms with E-state index in [9.17, 15) is 18.0 Å². The highest BCUT2D eigenvalue weighted by Crippen LogP contribution is 2.26. The van der Waals surface area contributed by atoms with Gasteiger partial charge in [-0.3, -0.25) is 4.79 Å². The van der Waals surface area contributed by atoms with Gasteiger partial charge >= 0.3 is 6.36 Å². The number of nitrogens with zero attached hydrogens (tertiary/aromatic N) is 2. The number of hydrogen-bond acceptors (Lipinski definition) is 4. The molecule has 0 saturated carbocycles. The second kappa shape index (κ2) is 12.1. The molecule has 7 nitrogen and oxygen atoms in total. The predicted octanol–water partition coefficient (Wildman–Crippen LogP) is 2.14. The summed E-state index contributed by atoms with van der Waals surface area (Å²) in [4.78, 5) is 17.5. The summed E-state index contributed by atoms with van der Waals surface area (Å²) in [6.45, 7) is 3.56. The van der Waals surface area contributed by atoms with Gasteiger partial charge in [0.05, 0.1) is 13.1 Å². The molecule has 0 heterocycles. The molecule has 28 heavy (non-hydrogen) atoms. The Morgan fingerprint density at radius 2 is 1.93 bits per heavy atom. The molecular formula is C18H27F3N4O3. The molecule has 2 N–H and O–H groups in total. The molecule has 0 spiro atoms. The van der Waals surface area contributed by atoms with Crippen LogP contribution in [0.1, 0.15) is 18.9 Å². The van der Waals surface area contributed by atoms with Crippen LogP contribution < -0.4 is 15.4 Å². The molecule has 0 unspecified atom stereocenters. The van der Waals surface area contributed by atoms with Gasteiger partial charge in [0.2, 0.25) is 5.91 Å². The zero-order valence-corrected chi connectivity index (χ0v) is 16.3. The molecule has 10 heteroatoms. The minimum atomic E-state index is -4.78. The number of halogens is 3. The molecule has 0 aromatic heterocycles. The third-order valence-electron chi connectivity index (χ3n) is 3.47. The van der Waals surface area contributed by atoms with Crippen LogP contribution in [0.4, 0.5) is 13.2 Å². The van der Waals surface area contributed by atoms with Crippen molar-refractivity contribution in [1.29, 1.82) is 0 Å². The van der Waals surface area contributed by atoms with Crippen LogP contribution in [0.5, 0.6) is 5.75 Å². The van der Waals surface area contributed by atoms with Crippen molar-refractivity contribution in [2.75, 3.05) is 40.4 Å². The summed E-state index contributed by atoms with van der Waals surface area (Å²) >= 11 is 0. The van der Waals surface area contributed by atoms with E-state index in [1.54, 1.807) is 20.2 Å². The number of benzene rings is 1. The molecule has 1 rings (SSSR count). The number of amides is 1. The zero-order chi connectivity index (χ0) is 21.0. The molecule has 158 valence electrons. The molecule has 1 aromatic rings. The maximum atomic E-state index is 12.5. The minimum Gasteiger partial charge on any atom is -0.405 e. The summed E-state index contributed by atoms with van der Waals surface area (Å²) < 4.78 is 46.9. The number of rotatable bonds is 10. The van der Waals surface area contributed by atoms with Crippen LogP contribution in [0.3, 0.4) is 0 Å². The third kappa shape index (κ3) is 10.0. The van der Waals surface area contributed by atoms with Crippen molar-refractivity contribution in [3.63, 3.8) is 0 Å². The number of aliphatic imine (C=N–C) groups is 1. The molecule has 1 aromatic carbocycles. The van der Waals surface area contributed by atoms with Crippen LogP contribution in [-0.2, 0) is 16.1 Å². The van der Waals surface area contributed by atoms with Gasteiger partial charge in [0.1, 0.15) is 5.75 Å². The fourth-order valence-electron chi connectivity index (χ4n) is 2.04. The Morgan fingerprint density at radius 3 is 2.57 bits per heavy atom. The van der Waals surface area contributed by atoms with Gasteiger partial charge in [-0.15, -0.1) is 13.2 Å². The Balaban J connectivity index is 2.79. The number of ether oxygens (including phenoxy) is 2. The molecule has 0 aliphatic carbocycles. The van der Waals surface area contributed by atoms with Crippen LogP contribution in [0, 0.1) is 0 Å². The van der Waals surface area contributed by atoms with Crippen LogP contribution in [0.15, 0.2) is 29.3 Å². The first kappa shape index (κ1) is 23.5. The van der Waals surface area contributed by atoms with Gasteiger partial charge in [0.15, 0.2) is 5.96 Å². The largest absolute Gasteiger partial charge is 0.573 e. The Hall–Kier alpha value is -2.49. The summed E-state index contributed by atoms with van der Waals surface area (Å²) in [6, 6.07) is 5.79. The minimum absolute atomic E-state index is 0.00495. The number of carbonyl (C=O) groups is 1. The topological polar surface area (TPSA) is 75.2 Å². The van der Waals surface area contributed by atoms with Crippen molar-refractivity contribution in [2.24, 2.45) is 4.99 Å². The molecule has 0 atom stereocenters. The van der Waals surface area contributed by atoms with Crippen molar-refractivity contribution in [2.45, 2.75) is 26.3 Å². The average molecular weight is 404 g/mol. The lowest BCUT2D eigenvalue weighted by Gasteiger charge is -2.16. The summed E-state index contributed by atoms with van der Waals surface area (Å²) in [5, 5.41) is 5.91. The molecule has 0 radical (unpaired) electrons. The lowest BCUT2D eigenvalue weighted by atomic mass is 10.2. The summed E-state index contributed by atoms with van der Waals surface area (Å²) in [6.07, 6.45) is -4.07. The molecule has 0 aliphatic rings.